The van der Waals surface area contributed by atoms with Crippen LogP contribution in [0.5, 0.6) is 0 Å². The van der Waals surface area contributed by atoms with Gasteiger partial charge in [-0.25, -0.2) is 0 Å². The Bertz CT molecular complexity index is 696. The van der Waals surface area contributed by atoms with Gasteiger partial charge in [-0.15, -0.1) is 0 Å². The van der Waals surface area contributed by atoms with Crippen molar-refractivity contribution in [3.8, 4) is 0 Å². The fourth-order valence-corrected chi connectivity index (χ4v) is 4.37. The Morgan fingerprint density at radius 3 is 1.12 bits per heavy atom. The Kier molecular flexibility index (Phi) is 4.99. The van der Waals surface area contributed by atoms with Crippen LogP contribution in [0.15, 0.2) is 36.4 Å². The topological polar surface area (TPSA) is 0 Å². The predicted octanol–water partition coefficient (Wildman–Crippen LogP) is 7.22. The van der Waals surface area contributed by atoms with Crippen LogP contribution in [-0.4, -0.2) is 0 Å². The van der Waals surface area contributed by atoms with Crippen LogP contribution in [0.3, 0.4) is 0 Å². The van der Waals surface area contributed by atoms with E-state index < -0.39 is 0 Å². The molecule has 0 saturated heterocycles. The molecule has 0 heteroatoms. The number of benzene rings is 2. The van der Waals surface area contributed by atoms with Crippen molar-refractivity contribution < 1.29 is 0 Å². The molecule has 0 radical (unpaired) electrons. The van der Waals surface area contributed by atoms with E-state index in [9.17, 15) is 0 Å². The van der Waals surface area contributed by atoms with Gasteiger partial charge in [-0.1, -0.05) is 91.8 Å². The first-order chi connectivity index (χ1) is 11.3. The van der Waals surface area contributed by atoms with Crippen molar-refractivity contribution in [2.24, 2.45) is 0 Å². The summed E-state index contributed by atoms with van der Waals surface area (Å²) in [5.74, 6) is 0. The third-order valence-corrected chi connectivity index (χ3v) is 5.41. The number of hydrogen-bond donors (Lipinski definition) is 0. The van der Waals surface area contributed by atoms with Gasteiger partial charge in [0.05, 0.1) is 0 Å². The van der Waals surface area contributed by atoms with E-state index in [0.29, 0.717) is 0 Å². The molecule has 0 N–H and O–H groups in total. The van der Waals surface area contributed by atoms with Crippen molar-refractivity contribution in [2.75, 3.05) is 0 Å². The minimum Gasteiger partial charge on any atom is -0.0617 e. The summed E-state index contributed by atoms with van der Waals surface area (Å²) in [6, 6.07) is 13.6. The van der Waals surface area contributed by atoms with Crippen LogP contribution < -0.4 is 0 Å². The first kappa shape index (κ1) is 19.8. The third-order valence-electron chi connectivity index (χ3n) is 5.41. The Morgan fingerprint density at radius 1 is 0.520 bits per heavy atom. The standard InChI is InChI=1S/C25H36/c1-17-13-11-15-19(23(3,4)5)21(17)25(9,10)22-18(2)14-12-16-20(22)24(6,7)8/h11-16H,1-10H3. The highest BCUT2D eigenvalue weighted by atomic mass is 14.4. The van der Waals surface area contributed by atoms with E-state index in [1.807, 2.05) is 0 Å². The number of hydrogen-bond acceptors (Lipinski definition) is 0. The second-order valence-corrected chi connectivity index (χ2v) is 10.1. The van der Waals surface area contributed by atoms with Gasteiger partial charge in [-0.05, 0) is 58.1 Å². The molecule has 0 aliphatic heterocycles. The van der Waals surface area contributed by atoms with E-state index >= 15 is 0 Å². The Labute approximate surface area is 155 Å². The van der Waals surface area contributed by atoms with Crippen molar-refractivity contribution in [2.45, 2.75) is 85.5 Å². The van der Waals surface area contributed by atoms with Gasteiger partial charge in [-0.3, -0.25) is 0 Å². The van der Waals surface area contributed by atoms with E-state index in [1.165, 1.54) is 33.4 Å². The van der Waals surface area contributed by atoms with E-state index in [4.69, 9.17) is 0 Å². The minimum atomic E-state index is -0.0398. The van der Waals surface area contributed by atoms with E-state index in [2.05, 4.69) is 106 Å². The molecular weight excluding hydrogens is 300 g/mol. The Morgan fingerprint density at radius 2 is 0.840 bits per heavy atom. The fourth-order valence-electron chi connectivity index (χ4n) is 4.37. The first-order valence-electron chi connectivity index (χ1n) is 9.49. The van der Waals surface area contributed by atoms with E-state index in [-0.39, 0.29) is 16.2 Å². The highest BCUT2D eigenvalue weighted by Gasteiger charge is 2.35. The Hall–Kier alpha value is -1.56. The average Bonchev–Trinajstić information content (AvgIpc) is 2.44. The van der Waals surface area contributed by atoms with Crippen molar-refractivity contribution in [3.05, 3.63) is 69.8 Å². The molecule has 0 aliphatic carbocycles. The summed E-state index contributed by atoms with van der Waals surface area (Å²) in [6.07, 6.45) is 0. The normalized spacial score (nSPS) is 13.2. The van der Waals surface area contributed by atoms with Crippen LogP contribution in [0.1, 0.15) is 88.8 Å². The maximum atomic E-state index is 2.40. The van der Waals surface area contributed by atoms with Crippen molar-refractivity contribution >= 4 is 0 Å². The molecule has 0 heterocycles. The quantitative estimate of drug-likeness (QED) is 0.543. The van der Waals surface area contributed by atoms with Crippen molar-refractivity contribution in [3.63, 3.8) is 0 Å². The zero-order chi connectivity index (χ0) is 19.2. The predicted molar refractivity (Wildman–Crippen MR) is 112 cm³/mol. The molecule has 2 aromatic rings. The summed E-state index contributed by atoms with van der Waals surface area (Å²) in [4.78, 5) is 0. The fraction of sp³-hybridized carbons (Fsp3) is 0.520. The molecule has 2 rings (SSSR count). The average molecular weight is 337 g/mol. The van der Waals surface area contributed by atoms with Gasteiger partial charge in [0.15, 0.2) is 0 Å². The molecule has 136 valence electrons. The van der Waals surface area contributed by atoms with Crippen molar-refractivity contribution in [1.29, 1.82) is 0 Å². The van der Waals surface area contributed by atoms with Crippen LogP contribution in [0.2, 0.25) is 0 Å². The summed E-state index contributed by atoms with van der Waals surface area (Å²) < 4.78 is 0. The summed E-state index contributed by atoms with van der Waals surface area (Å²) in [7, 11) is 0. The smallest absolute Gasteiger partial charge is 0.0157 e. The minimum absolute atomic E-state index is 0.0398. The number of aryl methyl sites for hydroxylation is 2. The second-order valence-electron chi connectivity index (χ2n) is 10.1. The zero-order valence-electron chi connectivity index (χ0n) is 18.0. The molecule has 0 bridgehead atoms. The summed E-state index contributed by atoms with van der Waals surface area (Å²) in [5, 5.41) is 0. The van der Waals surface area contributed by atoms with Crippen molar-refractivity contribution in [1.82, 2.24) is 0 Å². The van der Waals surface area contributed by atoms with Gasteiger partial charge in [0, 0.05) is 5.41 Å². The molecule has 0 fully saturated rings. The SMILES string of the molecule is Cc1cccc(C(C)(C)C)c1C(C)(C)c1c(C)cccc1C(C)(C)C. The molecule has 0 spiro atoms. The molecule has 0 atom stereocenters. The zero-order valence-corrected chi connectivity index (χ0v) is 18.0. The molecule has 2 aromatic carbocycles. The van der Waals surface area contributed by atoms with Gasteiger partial charge in [0.1, 0.15) is 0 Å². The lowest BCUT2D eigenvalue weighted by Crippen LogP contribution is -2.31. The van der Waals surface area contributed by atoms with Gasteiger partial charge in [-0.2, -0.15) is 0 Å². The molecule has 0 nitrogen and oxygen atoms in total. The molecule has 0 aliphatic rings. The maximum Gasteiger partial charge on any atom is 0.0157 e. The van der Waals surface area contributed by atoms with Gasteiger partial charge in [0.2, 0.25) is 0 Å². The monoisotopic (exact) mass is 336 g/mol. The summed E-state index contributed by atoms with van der Waals surface area (Å²) >= 11 is 0. The lowest BCUT2D eigenvalue weighted by Gasteiger charge is -2.39. The van der Waals surface area contributed by atoms with E-state index in [0.717, 1.165) is 0 Å². The van der Waals surface area contributed by atoms with Crippen LogP contribution in [0.4, 0.5) is 0 Å². The molecular formula is C25H36. The van der Waals surface area contributed by atoms with Crippen LogP contribution >= 0.6 is 0 Å². The van der Waals surface area contributed by atoms with Crippen LogP contribution in [0, 0.1) is 13.8 Å². The molecule has 0 saturated carbocycles. The first-order valence-corrected chi connectivity index (χ1v) is 9.49. The van der Waals surface area contributed by atoms with Crippen LogP contribution in [-0.2, 0) is 16.2 Å². The van der Waals surface area contributed by atoms with Gasteiger partial charge < -0.3 is 0 Å². The largest absolute Gasteiger partial charge is 0.0617 e. The van der Waals surface area contributed by atoms with Gasteiger partial charge in [0.25, 0.3) is 0 Å². The summed E-state index contributed by atoms with van der Waals surface area (Å²) in [6.45, 7) is 23.3. The van der Waals surface area contributed by atoms with E-state index in [1.54, 1.807) is 0 Å². The molecule has 0 aromatic heterocycles. The Balaban J connectivity index is 2.87. The molecule has 0 unspecified atom stereocenters. The second kappa shape index (κ2) is 6.31. The number of rotatable bonds is 2. The maximum absolute atomic E-state index is 2.40. The third kappa shape index (κ3) is 3.68. The highest BCUT2D eigenvalue weighted by molar-refractivity contribution is 5.54. The van der Waals surface area contributed by atoms with Gasteiger partial charge >= 0.3 is 0 Å². The lowest BCUT2D eigenvalue weighted by atomic mass is 9.65. The molecule has 0 amide bonds. The lowest BCUT2D eigenvalue weighted by molar-refractivity contribution is 0.523. The molecule has 25 heavy (non-hydrogen) atoms. The highest BCUT2D eigenvalue weighted by Crippen LogP contribution is 2.44. The summed E-state index contributed by atoms with van der Waals surface area (Å²) in [5.41, 5.74) is 8.89. The van der Waals surface area contributed by atoms with Crippen LogP contribution in [0.25, 0.3) is 0 Å².